The number of amides is 1. The van der Waals surface area contributed by atoms with Crippen molar-refractivity contribution in [2.75, 3.05) is 11.4 Å². The molecule has 0 bridgehead atoms. The SMILES string of the molecule is CCCCC(=O)N(CC)c1ccc2ccccc2c1. The molecule has 19 heavy (non-hydrogen) atoms. The lowest BCUT2D eigenvalue weighted by molar-refractivity contribution is -0.118. The summed E-state index contributed by atoms with van der Waals surface area (Å²) >= 11 is 0. The molecule has 2 rings (SSSR count). The van der Waals surface area contributed by atoms with Gasteiger partial charge in [0, 0.05) is 18.7 Å². The van der Waals surface area contributed by atoms with E-state index in [1.807, 2.05) is 30.0 Å². The molecule has 0 N–H and O–H groups in total. The van der Waals surface area contributed by atoms with Crippen molar-refractivity contribution >= 4 is 22.4 Å². The molecular weight excluding hydrogens is 234 g/mol. The molecule has 0 heterocycles. The molecule has 0 saturated heterocycles. The van der Waals surface area contributed by atoms with Gasteiger partial charge < -0.3 is 4.90 Å². The maximum atomic E-state index is 12.2. The van der Waals surface area contributed by atoms with E-state index in [0.29, 0.717) is 6.42 Å². The Balaban J connectivity index is 2.27. The van der Waals surface area contributed by atoms with Gasteiger partial charge in [0.05, 0.1) is 0 Å². The molecule has 2 heteroatoms. The van der Waals surface area contributed by atoms with E-state index in [-0.39, 0.29) is 5.91 Å². The summed E-state index contributed by atoms with van der Waals surface area (Å²) in [6, 6.07) is 14.5. The fourth-order valence-electron chi connectivity index (χ4n) is 2.31. The Morgan fingerprint density at radius 3 is 2.47 bits per heavy atom. The quantitative estimate of drug-likeness (QED) is 0.776. The summed E-state index contributed by atoms with van der Waals surface area (Å²) in [6.45, 7) is 4.86. The molecule has 100 valence electrons. The number of anilines is 1. The zero-order valence-electron chi connectivity index (χ0n) is 11.7. The average molecular weight is 255 g/mol. The summed E-state index contributed by atoms with van der Waals surface area (Å²) in [4.78, 5) is 14.1. The Labute approximate surface area is 115 Å². The van der Waals surface area contributed by atoms with E-state index in [0.717, 1.165) is 25.1 Å². The monoisotopic (exact) mass is 255 g/mol. The number of carbonyl (C=O) groups excluding carboxylic acids is 1. The zero-order valence-corrected chi connectivity index (χ0v) is 11.7. The summed E-state index contributed by atoms with van der Waals surface area (Å²) in [5, 5.41) is 2.39. The van der Waals surface area contributed by atoms with Gasteiger partial charge in [-0.05, 0) is 36.2 Å². The van der Waals surface area contributed by atoms with Gasteiger partial charge in [-0.25, -0.2) is 0 Å². The maximum Gasteiger partial charge on any atom is 0.226 e. The van der Waals surface area contributed by atoms with E-state index in [9.17, 15) is 4.79 Å². The lowest BCUT2D eigenvalue weighted by Gasteiger charge is -2.21. The van der Waals surface area contributed by atoms with Gasteiger partial charge in [-0.1, -0.05) is 43.7 Å². The normalized spacial score (nSPS) is 10.6. The second-order valence-electron chi connectivity index (χ2n) is 4.77. The number of carbonyl (C=O) groups is 1. The number of fused-ring (bicyclic) bond motifs is 1. The van der Waals surface area contributed by atoms with E-state index >= 15 is 0 Å². The highest BCUT2D eigenvalue weighted by Gasteiger charge is 2.13. The van der Waals surface area contributed by atoms with Crippen LogP contribution >= 0.6 is 0 Å². The lowest BCUT2D eigenvalue weighted by atomic mass is 10.1. The fraction of sp³-hybridized carbons (Fsp3) is 0.353. The number of benzene rings is 2. The molecule has 0 radical (unpaired) electrons. The van der Waals surface area contributed by atoms with Crippen LogP contribution in [0, 0.1) is 0 Å². The molecule has 0 aliphatic heterocycles. The zero-order chi connectivity index (χ0) is 13.7. The summed E-state index contributed by atoms with van der Waals surface area (Å²) in [5.74, 6) is 0.222. The van der Waals surface area contributed by atoms with Gasteiger partial charge in [0.2, 0.25) is 5.91 Å². The van der Waals surface area contributed by atoms with Crippen LogP contribution in [0.3, 0.4) is 0 Å². The number of hydrogen-bond donors (Lipinski definition) is 0. The van der Waals surface area contributed by atoms with E-state index in [4.69, 9.17) is 0 Å². The Morgan fingerprint density at radius 1 is 1.05 bits per heavy atom. The first kappa shape index (κ1) is 13.6. The van der Waals surface area contributed by atoms with Crippen molar-refractivity contribution in [2.24, 2.45) is 0 Å². The molecule has 0 atom stereocenters. The number of rotatable bonds is 5. The first-order valence-electron chi connectivity index (χ1n) is 7.05. The van der Waals surface area contributed by atoms with Crippen molar-refractivity contribution in [2.45, 2.75) is 33.1 Å². The topological polar surface area (TPSA) is 20.3 Å². The Hall–Kier alpha value is -1.83. The summed E-state index contributed by atoms with van der Waals surface area (Å²) in [6.07, 6.45) is 2.65. The van der Waals surface area contributed by atoms with Crippen LogP contribution in [0.5, 0.6) is 0 Å². The highest BCUT2D eigenvalue weighted by Crippen LogP contribution is 2.22. The van der Waals surface area contributed by atoms with Crippen molar-refractivity contribution in [3.63, 3.8) is 0 Å². The molecule has 2 aromatic carbocycles. The third kappa shape index (κ3) is 3.14. The van der Waals surface area contributed by atoms with Gasteiger partial charge in [0.15, 0.2) is 0 Å². The molecule has 0 unspecified atom stereocenters. The van der Waals surface area contributed by atoms with Gasteiger partial charge >= 0.3 is 0 Å². The minimum atomic E-state index is 0.222. The van der Waals surface area contributed by atoms with Crippen LogP contribution in [0.1, 0.15) is 33.1 Å². The molecule has 2 aromatic rings. The average Bonchev–Trinajstić information content (AvgIpc) is 2.45. The largest absolute Gasteiger partial charge is 0.313 e. The second-order valence-corrected chi connectivity index (χ2v) is 4.77. The molecular formula is C17H21NO. The molecule has 2 nitrogen and oxygen atoms in total. The van der Waals surface area contributed by atoms with Crippen molar-refractivity contribution in [3.8, 4) is 0 Å². The first-order chi connectivity index (χ1) is 9.26. The standard InChI is InChI=1S/C17H21NO/c1-3-5-10-17(19)18(4-2)16-12-11-14-8-6-7-9-15(14)13-16/h6-9,11-13H,3-5,10H2,1-2H3. The highest BCUT2D eigenvalue weighted by atomic mass is 16.2. The van der Waals surface area contributed by atoms with Crippen molar-refractivity contribution in [1.82, 2.24) is 0 Å². The van der Waals surface area contributed by atoms with Gasteiger partial charge in [-0.15, -0.1) is 0 Å². The maximum absolute atomic E-state index is 12.2. The minimum Gasteiger partial charge on any atom is -0.313 e. The van der Waals surface area contributed by atoms with Crippen LogP contribution in [-0.2, 0) is 4.79 Å². The molecule has 1 amide bonds. The molecule has 0 fully saturated rings. The molecule has 0 aromatic heterocycles. The van der Waals surface area contributed by atoms with Crippen LogP contribution < -0.4 is 4.90 Å². The summed E-state index contributed by atoms with van der Waals surface area (Å²) in [5.41, 5.74) is 1.00. The molecule has 0 aliphatic rings. The summed E-state index contributed by atoms with van der Waals surface area (Å²) < 4.78 is 0. The third-order valence-electron chi connectivity index (χ3n) is 3.41. The van der Waals surface area contributed by atoms with E-state index < -0.39 is 0 Å². The minimum absolute atomic E-state index is 0.222. The van der Waals surface area contributed by atoms with Crippen LogP contribution in [-0.4, -0.2) is 12.5 Å². The predicted octanol–water partition coefficient (Wildman–Crippen LogP) is 4.38. The van der Waals surface area contributed by atoms with Gasteiger partial charge in [-0.2, -0.15) is 0 Å². The van der Waals surface area contributed by atoms with Crippen molar-refractivity contribution in [3.05, 3.63) is 42.5 Å². The van der Waals surface area contributed by atoms with Crippen LogP contribution in [0.4, 0.5) is 5.69 Å². The molecule has 0 spiro atoms. The van der Waals surface area contributed by atoms with Crippen LogP contribution in [0.2, 0.25) is 0 Å². The molecule has 0 saturated carbocycles. The lowest BCUT2D eigenvalue weighted by Crippen LogP contribution is -2.30. The third-order valence-corrected chi connectivity index (χ3v) is 3.41. The summed E-state index contributed by atoms with van der Waals surface area (Å²) in [7, 11) is 0. The van der Waals surface area contributed by atoms with E-state index in [1.165, 1.54) is 10.8 Å². The van der Waals surface area contributed by atoms with Crippen molar-refractivity contribution in [1.29, 1.82) is 0 Å². The fourth-order valence-corrected chi connectivity index (χ4v) is 2.31. The van der Waals surface area contributed by atoms with Crippen molar-refractivity contribution < 1.29 is 4.79 Å². The van der Waals surface area contributed by atoms with E-state index in [2.05, 4.69) is 31.2 Å². The Morgan fingerprint density at radius 2 is 1.79 bits per heavy atom. The predicted molar refractivity (Wildman–Crippen MR) is 81.5 cm³/mol. The number of nitrogens with zero attached hydrogens (tertiary/aromatic N) is 1. The van der Waals surface area contributed by atoms with E-state index in [1.54, 1.807) is 0 Å². The number of hydrogen-bond acceptors (Lipinski definition) is 1. The van der Waals surface area contributed by atoms with Gasteiger partial charge in [0.25, 0.3) is 0 Å². The van der Waals surface area contributed by atoms with Gasteiger partial charge in [-0.3, -0.25) is 4.79 Å². The first-order valence-corrected chi connectivity index (χ1v) is 7.05. The van der Waals surface area contributed by atoms with Crippen LogP contribution in [0.15, 0.2) is 42.5 Å². The molecule has 0 aliphatic carbocycles. The Bertz CT molecular complexity index is 562. The number of unbranched alkanes of at least 4 members (excludes halogenated alkanes) is 1. The Kier molecular flexibility index (Phi) is 4.56. The highest BCUT2D eigenvalue weighted by molar-refractivity contribution is 5.96. The second kappa shape index (κ2) is 6.37. The van der Waals surface area contributed by atoms with Gasteiger partial charge in [0.1, 0.15) is 0 Å². The smallest absolute Gasteiger partial charge is 0.226 e. The van der Waals surface area contributed by atoms with Crippen LogP contribution in [0.25, 0.3) is 10.8 Å².